The van der Waals surface area contributed by atoms with Gasteiger partial charge in [0.05, 0.1) is 26.9 Å². The van der Waals surface area contributed by atoms with Gasteiger partial charge in [0.2, 0.25) is 0 Å². The number of aromatic nitrogens is 4. The molecule has 0 amide bonds. The Hall–Kier alpha value is -8.19. The minimum atomic E-state index is 0.693. The van der Waals surface area contributed by atoms with E-state index in [-0.39, 0.29) is 0 Å². The van der Waals surface area contributed by atoms with Gasteiger partial charge in [0.15, 0.2) is 5.82 Å². The fraction of sp³-hybridized carbons (Fsp3) is 0.0172. The van der Waals surface area contributed by atoms with Crippen LogP contribution in [0.25, 0.3) is 104 Å². The van der Waals surface area contributed by atoms with E-state index < -0.39 is 0 Å². The van der Waals surface area contributed by atoms with Crippen molar-refractivity contribution in [1.29, 1.82) is 0 Å². The summed E-state index contributed by atoms with van der Waals surface area (Å²) in [6.07, 6.45) is 1.94. The van der Waals surface area contributed by atoms with Crippen LogP contribution < -0.4 is 4.90 Å². The van der Waals surface area contributed by atoms with E-state index in [0.717, 1.165) is 50.7 Å². The largest absolute Gasteiger partial charge is 0.329 e. The zero-order valence-corrected chi connectivity index (χ0v) is 35.7. The number of thiophene rings is 1. The van der Waals surface area contributed by atoms with Crippen molar-refractivity contribution in [1.82, 2.24) is 19.5 Å². The third-order valence-electron chi connectivity index (χ3n) is 12.3. The highest BCUT2D eigenvalue weighted by Crippen LogP contribution is 2.41. The first kappa shape index (κ1) is 37.6. The maximum absolute atomic E-state index is 5.11. The second-order valence-corrected chi connectivity index (χ2v) is 17.1. The van der Waals surface area contributed by atoms with Crippen LogP contribution in [0, 0.1) is 0 Å². The van der Waals surface area contributed by atoms with Crippen molar-refractivity contribution in [3.05, 3.63) is 219 Å². The third kappa shape index (κ3) is 6.51. The first-order valence-corrected chi connectivity index (χ1v) is 22.3. The van der Waals surface area contributed by atoms with E-state index in [0.29, 0.717) is 5.82 Å². The van der Waals surface area contributed by atoms with Gasteiger partial charge in [0.25, 0.3) is 0 Å². The van der Waals surface area contributed by atoms with Crippen LogP contribution in [0.5, 0.6) is 0 Å². The van der Waals surface area contributed by atoms with Crippen molar-refractivity contribution in [3.8, 4) is 61.7 Å². The van der Waals surface area contributed by atoms with Crippen LogP contribution in [0.2, 0.25) is 0 Å². The Morgan fingerprint density at radius 1 is 0.453 bits per heavy atom. The van der Waals surface area contributed by atoms with E-state index in [2.05, 4.69) is 192 Å². The highest BCUT2D eigenvalue weighted by atomic mass is 32.1. The van der Waals surface area contributed by atoms with Gasteiger partial charge >= 0.3 is 0 Å². The third-order valence-corrected chi connectivity index (χ3v) is 13.5. The molecule has 4 heterocycles. The highest BCUT2D eigenvalue weighted by molar-refractivity contribution is 7.26. The van der Waals surface area contributed by atoms with Crippen molar-refractivity contribution in [2.24, 2.45) is 0 Å². The normalized spacial score (nSPS) is 11.5. The molecular formula is C58H39N5S. The number of fused-ring (bicyclic) bond motifs is 6. The fourth-order valence-electron chi connectivity index (χ4n) is 9.11. The molecule has 0 saturated heterocycles. The van der Waals surface area contributed by atoms with Gasteiger partial charge < -0.3 is 9.47 Å². The van der Waals surface area contributed by atoms with Gasteiger partial charge in [0.1, 0.15) is 5.82 Å². The van der Waals surface area contributed by atoms with Gasteiger partial charge in [0, 0.05) is 73.8 Å². The summed E-state index contributed by atoms with van der Waals surface area (Å²) < 4.78 is 4.88. The maximum Gasteiger partial charge on any atom is 0.162 e. The molecule has 0 aliphatic carbocycles. The van der Waals surface area contributed by atoms with E-state index in [9.17, 15) is 0 Å². The minimum absolute atomic E-state index is 0.693. The number of anilines is 2. The lowest BCUT2D eigenvalue weighted by Gasteiger charge is -2.23. The minimum Gasteiger partial charge on any atom is -0.329 e. The second-order valence-electron chi connectivity index (χ2n) is 16.1. The summed E-state index contributed by atoms with van der Waals surface area (Å²) in [6.45, 7) is 0. The molecule has 302 valence electrons. The van der Waals surface area contributed by atoms with Crippen molar-refractivity contribution < 1.29 is 0 Å². The zero-order chi connectivity index (χ0) is 42.6. The fourth-order valence-corrected chi connectivity index (χ4v) is 10.3. The molecule has 0 fully saturated rings. The molecule has 0 atom stereocenters. The lowest BCUT2D eigenvalue weighted by molar-refractivity contribution is 1.09. The summed E-state index contributed by atoms with van der Waals surface area (Å²) in [5.74, 6) is 1.51. The first-order chi connectivity index (χ1) is 31.6. The van der Waals surface area contributed by atoms with Crippen LogP contribution in [0.1, 0.15) is 0 Å². The van der Waals surface area contributed by atoms with Gasteiger partial charge in [-0.25, -0.2) is 9.97 Å². The van der Waals surface area contributed by atoms with Gasteiger partial charge in [-0.1, -0.05) is 158 Å². The monoisotopic (exact) mass is 837 g/mol. The number of nitrogens with zero attached hydrogens (tertiary/aromatic N) is 5. The lowest BCUT2D eigenvalue weighted by Crippen LogP contribution is -2.13. The summed E-state index contributed by atoms with van der Waals surface area (Å²) >= 11 is 1.81. The van der Waals surface area contributed by atoms with E-state index in [4.69, 9.17) is 15.0 Å². The summed E-state index contributed by atoms with van der Waals surface area (Å²) in [5.41, 5.74) is 15.5. The number of benzene rings is 8. The Morgan fingerprint density at radius 2 is 1.08 bits per heavy atom. The number of hydrogen-bond donors (Lipinski definition) is 0. The molecule has 0 aliphatic rings. The molecule has 6 heteroatoms. The number of para-hydroxylation sites is 2. The molecule has 4 aromatic heterocycles. The predicted octanol–water partition coefficient (Wildman–Crippen LogP) is 15.4. The predicted molar refractivity (Wildman–Crippen MR) is 269 cm³/mol. The van der Waals surface area contributed by atoms with Crippen molar-refractivity contribution in [2.75, 3.05) is 11.9 Å². The van der Waals surface area contributed by atoms with Crippen LogP contribution in [0.3, 0.4) is 0 Å². The lowest BCUT2D eigenvalue weighted by atomic mass is 9.98. The molecule has 64 heavy (non-hydrogen) atoms. The van der Waals surface area contributed by atoms with Crippen LogP contribution in [-0.4, -0.2) is 26.6 Å². The zero-order valence-electron chi connectivity index (χ0n) is 34.9. The van der Waals surface area contributed by atoms with Crippen LogP contribution >= 0.6 is 11.3 Å². The van der Waals surface area contributed by atoms with E-state index in [1.54, 1.807) is 0 Å². The average molecular weight is 838 g/mol. The average Bonchev–Trinajstić information content (AvgIpc) is 3.92. The molecule has 0 saturated carbocycles. The summed E-state index contributed by atoms with van der Waals surface area (Å²) in [5, 5.41) is 3.67. The van der Waals surface area contributed by atoms with E-state index in [1.165, 1.54) is 58.8 Å². The molecule has 8 aromatic carbocycles. The van der Waals surface area contributed by atoms with Gasteiger partial charge in [-0.15, -0.1) is 11.3 Å². The Bertz CT molecular complexity index is 3610. The van der Waals surface area contributed by atoms with E-state index in [1.807, 2.05) is 53.9 Å². The SMILES string of the molecule is CN(c1cc(-c2ccccc2)nc(-c2ccccc2)n1)c1ccccc1-c1ccc(-c2ccc3c(c2)c2ccccc2n3-c2ccc(-c3ccnc4c3sc3ccccc34)cc2)cc1. The molecule has 0 radical (unpaired) electrons. The second kappa shape index (κ2) is 15.6. The van der Waals surface area contributed by atoms with Gasteiger partial charge in [-0.05, 0) is 70.8 Å². The Kier molecular flexibility index (Phi) is 9.17. The van der Waals surface area contributed by atoms with Crippen LogP contribution in [0.15, 0.2) is 219 Å². The topological polar surface area (TPSA) is 46.8 Å². The quantitative estimate of drug-likeness (QED) is 0.153. The van der Waals surface area contributed by atoms with E-state index >= 15 is 0 Å². The smallest absolute Gasteiger partial charge is 0.162 e. The summed E-state index contributed by atoms with van der Waals surface area (Å²) in [6, 6.07) is 75.3. The van der Waals surface area contributed by atoms with Gasteiger partial charge in [-0.2, -0.15) is 0 Å². The van der Waals surface area contributed by atoms with Crippen LogP contribution in [0.4, 0.5) is 11.5 Å². The Balaban J connectivity index is 0.873. The highest BCUT2D eigenvalue weighted by Gasteiger charge is 2.18. The Labute approximate surface area is 374 Å². The molecule has 12 aromatic rings. The summed E-state index contributed by atoms with van der Waals surface area (Å²) in [4.78, 5) is 17.1. The standard InChI is InChI=1S/C58H39N5S/c1-62(55-37-50(41-14-4-2-5-15-41)60-58(61-55)42-16-6-3-7-17-42)51-21-11-8-18-45(51)39-26-24-38(25-27-39)43-30-33-53-49(36-43)47-19-9-12-22-52(47)63(53)44-31-28-40(29-32-44)46-34-35-59-56-48-20-10-13-23-54(48)64-57(46)56/h2-37H,1H3. The van der Waals surface area contributed by atoms with Crippen LogP contribution in [-0.2, 0) is 0 Å². The molecular weight excluding hydrogens is 799 g/mol. The molecule has 5 nitrogen and oxygen atoms in total. The molecule has 0 unspecified atom stereocenters. The maximum atomic E-state index is 5.11. The number of hydrogen-bond acceptors (Lipinski definition) is 5. The molecule has 0 bridgehead atoms. The summed E-state index contributed by atoms with van der Waals surface area (Å²) in [7, 11) is 2.09. The molecule has 12 rings (SSSR count). The number of pyridine rings is 1. The molecule has 0 spiro atoms. The van der Waals surface area contributed by atoms with Gasteiger partial charge in [-0.3, -0.25) is 4.98 Å². The number of rotatable bonds is 8. The molecule has 0 N–H and O–H groups in total. The van der Waals surface area contributed by atoms with Crippen molar-refractivity contribution >= 4 is 65.0 Å². The van der Waals surface area contributed by atoms with Crippen molar-refractivity contribution in [2.45, 2.75) is 0 Å². The molecule has 0 aliphatic heterocycles. The Morgan fingerprint density at radius 3 is 1.89 bits per heavy atom. The van der Waals surface area contributed by atoms with Crippen molar-refractivity contribution in [3.63, 3.8) is 0 Å². The first-order valence-electron chi connectivity index (χ1n) is 21.5.